The van der Waals surface area contributed by atoms with Gasteiger partial charge in [0.15, 0.2) is 0 Å². The number of aliphatic hydroxyl groups is 1. The van der Waals surface area contributed by atoms with Crippen molar-refractivity contribution in [2.75, 3.05) is 38.2 Å². The van der Waals surface area contributed by atoms with E-state index in [1.807, 2.05) is 50.3 Å². The summed E-state index contributed by atoms with van der Waals surface area (Å²) in [5.74, 6) is -1.91. The van der Waals surface area contributed by atoms with Crippen molar-refractivity contribution >= 4 is 46.8 Å². The topological polar surface area (TPSA) is 81.2 Å². The lowest BCUT2D eigenvalue weighted by Crippen LogP contribution is -2.54. The first kappa shape index (κ1) is 23.5. The molecule has 0 aliphatic carbocycles. The van der Waals surface area contributed by atoms with E-state index in [9.17, 15) is 19.5 Å². The van der Waals surface area contributed by atoms with Gasteiger partial charge in [-0.1, -0.05) is 48.0 Å². The van der Waals surface area contributed by atoms with Crippen LogP contribution in [0.1, 0.15) is 12.5 Å². The predicted octanol–water partition coefficient (Wildman–Crippen LogP) is 2.26. The highest BCUT2D eigenvalue weighted by molar-refractivity contribution is 8.02. The molecule has 1 N–H and O–H groups in total. The highest BCUT2D eigenvalue weighted by Crippen LogP contribution is 2.65. The minimum atomic E-state index is -0.926. The molecule has 2 saturated heterocycles. The van der Waals surface area contributed by atoms with Crippen molar-refractivity contribution in [2.24, 2.45) is 11.8 Å². The molecule has 180 valence electrons. The van der Waals surface area contributed by atoms with E-state index in [2.05, 4.69) is 0 Å². The number of likely N-dealkylation sites (tertiary alicyclic amines) is 1. The molecule has 1 aromatic rings. The molecule has 9 heteroatoms. The molecule has 1 aromatic carbocycles. The number of hydrogen-bond donors (Lipinski definition) is 1. The Bertz CT molecular complexity index is 1120. The Kier molecular flexibility index (Phi) is 5.61. The zero-order valence-corrected chi connectivity index (χ0v) is 21.0. The fourth-order valence-corrected chi connectivity index (χ4v) is 8.64. The number of aryl methyl sites for hydroxylation is 1. The molecule has 5 rings (SSSR count). The van der Waals surface area contributed by atoms with Gasteiger partial charge in [0, 0.05) is 31.4 Å². The van der Waals surface area contributed by atoms with Crippen molar-refractivity contribution in [3.8, 4) is 0 Å². The predicted molar refractivity (Wildman–Crippen MR) is 133 cm³/mol. The minimum Gasteiger partial charge on any atom is -0.395 e. The number of nitrogens with zero attached hydrogens (tertiary/aromatic N) is 3. The van der Waals surface area contributed by atoms with Crippen LogP contribution in [0, 0.1) is 18.8 Å². The maximum atomic E-state index is 14.2. The fourth-order valence-electron chi connectivity index (χ4n) is 6.16. The summed E-state index contributed by atoms with van der Waals surface area (Å²) in [6.07, 6.45) is 7.88. The molecule has 0 radical (unpaired) electrons. The molecule has 2 fully saturated rings. The Balaban J connectivity index is 1.68. The van der Waals surface area contributed by atoms with Crippen molar-refractivity contribution in [1.29, 1.82) is 0 Å². The van der Waals surface area contributed by atoms with Gasteiger partial charge in [0.25, 0.3) is 5.91 Å². The Hall–Kier alpha value is -2.29. The first-order valence-electron chi connectivity index (χ1n) is 11.4. The fraction of sp³-hybridized carbons (Fsp3) is 0.480. The zero-order chi connectivity index (χ0) is 24.4. The summed E-state index contributed by atoms with van der Waals surface area (Å²) in [6, 6.07) is 4.63. The summed E-state index contributed by atoms with van der Waals surface area (Å²) in [5, 5.41) is 10.3. The zero-order valence-electron chi connectivity index (χ0n) is 19.4. The molecule has 0 aromatic heterocycles. The number of likely N-dealkylation sites (N-methyl/N-ethyl adjacent to an activating group) is 1. The van der Waals surface area contributed by atoms with Crippen molar-refractivity contribution in [3.63, 3.8) is 0 Å². The molecule has 1 spiro atoms. The number of anilines is 1. The molecule has 4 heterocycles. The Morgan fingerprint density at radius 2 is 1.82 bits per heavy atom. The van der Waals surface area contributed by atoms with E-state index in [1.54, 1.807) is 22.9 Å². The molecule has 0 saturated carbocycles. The van der Waals surface area contributed by atoms with E-state index in [4.69, 9.17) is 11.6 Å². The first-order chi connectivity index (χ1) is 16.2. The van der Waals surface area contributed by atoms with Gasteiger partial charge in [-0.3, -0.25) is 14.4 Å². The van der Waals surface area contributed by atoms with Gasteiger partial charge in [0.2, 0.25) is 11.8 Å². The van der Waals surface area contributed by atoms with Crippen LogP contribution in [-0.2, 0) is 14.4 Å². The molecule has 7 nitrogen and oxygen atoms in total. The number of carbonyl (C=O) groups excluding carboxylic acids is 3. The number of rotatable bonds is 3. The number of benzene rings is 1. The summed E-state index contributed by atoms with van der Waals surface area (Å²) < 4.78 is -1.56. The van der Waals surface area contributed by atoms with Crippen LogP contribution in [0.3, 0.4) is 0 Å². The Labute approximate surface area is 208 Å². The lowest BCUT2D eigenvalue weighted by molar-refractivity contribution is -0.143. The standard InChI is InChI=1S/C25H28ClN3O4S/c1-15-7-4-8-16(26)19(15)28-12-6-10-25-18(22(32)29(13-14-30)20(25)23(28)33)17-21(31)27(3)11-5-9-24(17,2)34-25/h4-10,17-18,20,30H,11-14H2,1-3H3/t17-,18-,20?,24+,25-/m0/s1. The monoisotopic (exact) mass is 501 g/mol. The normalized spacial score (nSPS) is 34.8. The molecule has 1 unspecified atom stereocenters. The van der Waals surface area contributed by atoms with Crippen molar-refractivity contribution in [3.05, 3.63) is 53.1 Å². The van der Waals surface area contributed by atoms with E-state index in [0.29, 0.717) is 23.8 Å². The average molecular weight is 502 g/mol. The number of fused-ring (bicyclic) bond motifs is 2. The van der Waals surface area contributed by atoms with Gasteiger partial charge in [-0.05, 0) is 25.5 Å². The average Bonchev–Trinajstić information content (AvgIpc) is 3.05. The SMILES string of the molecule is Cc1cccc(Cl)c1N1CC=C[C@]23S[C@]4(C)C=CCN(C)C(=O)[C@@H]4[C@H]2C(=O)N(CCO)C3C1=O. The van der Waals surface area contributed by atoms with Crippen molar-refractivity contribution in [2.45, 2.75) is 29.4 Å². The number of hydrogen-bond acceptors (Lipinski definition) is 5. The van der Waals surface area contributed by atoms with E-state index in [-0.39, 0.29) is 30.9 Å². The van der Waals surface area contributed by atoms with Crippen molar-refractivity contribution < 1.29 is 19.5 Å². The van der Waals surface area contributed by atoms with E-state index in [1.165, 1.54) is 16.7 Å². The number of aliphatic hydroxyl groups excluding tert-OH is 1. The lowest BCUT2D eigenvalue weighted by atomic mass is 9.74. The van der Waals surface area contributed by atoms with E-state index in [0.717, 1.165) is 5.56 Å². The first-order valence-corrected chi connectivity index (χ1v) is 12.6. The van der Waals surface area contributed by atoms with Crippen LogP contribution in [0.15, 0.2) is 42.5 Å². The summed E-state index contributed by atoms with van der Waals surface area (Å²) >= 11 is 8.06. The van der Waals surface area contributed by atoms with E-state index < -0.39 is 27.4 Å². The summed E-state index contributed by atoms with van der Waals surface area (Å²) in [7, 11) is 1.74. The lowest BCUT2D eigenvalue weighted by Gasteiger charge is -2.37. The summed E-state index contributed by atoms with van der Waals surface area (Å²) in [6.45, 7) is 4.44. The number of para-hydroxylation sites is 1. The van der Waals surface area contributed by atoms with Gasteiger partial charge in [-0.15, -0.1) is 11.8 Å². The smallest absolute Gasteiger partial charge is 0.251 e. The van der Waals surface area contributed by atoms with Gasteiger partial charge >= 0.3 is 0 Å². The maximum absolute atomic E-state index is 14.2. The second-order valence-electron chi connectivity index (χ2n) is 9.63. The number of carbonyl (C=O) groups is 3. The molecule has 4 aliphatic heterocycles. The van der Waals surface area contributed by atoms with Crippen LogP contribution < -0.4 is 4.90 Å². The van der Waals surface area contributed by atoms with Gasteiger partial charge in [-0.25, -0.2) is 0 Å². The highest BCUT2D eigenvalue weighted by atomic mass is 35.5. The second-order valence-corrected chi connectivity index (χ2v) is 11.8. The summed E-state index contributed by atoms with van der Waals surface area (Å²) in [5.41, 5.74) is 1.48. The third-order valence-corrected chi connectivity index (χ3v) is 9.66. The molecule has 4 aliphatic rings. The molecule has 34 heavy (non-hydrogen) atoms. The quantitative estimate of drug-likeness (QED) is 0.643. The Morgan fingerprint density at radius 3 is 2.53 bits per heavy atom. The van der Waals surface area contributed by atoms with Gasteiger partial charge < -0.3 is 19.8 Å². The van der Waals surface area contributed by atoms with Crippen molar-refractivity contribution in [1.82, 2.24) is 9.80 Å². The highest BCUT2D eigenvalue weighted by Gasteiger charge is 2.73. The van der Waals surface area contributed by atoms with Crippen LogP contribution in [0.4, 0.5) is 5.69 Å². The minimum absolute atomic E-state index is 0.0283. The number of amides is 3. The molecule has 3 amide bonds. The molecule has 0 bridgehead atoms. The third kappa shape index (κ3) is 3.11. The third-order valence-electron chi connectivity index (χ3n) is 7.56. The van der Waals surface area contributed by atoms with Crippen LogP contribution in [0.25, 0.3) is 0 Å². The van der Waals surface area contributed by atoms with E-state index >= 15 is 0 Å². The molecule has 5 atom stereocenters. The van der Waals surface area contributed by atoms with Crippen LogP contribution in [-0.4, -0.2) is 81.5 Å². The van der Waals surface area contributed by atoms with Gasteiger partial charge in [0.05, 0.1) is 33.9 Å². The van der Waals surface area contributed by atoms with Crippen LogP contribution in [0.2, 0.25) is 5.02 Å². The van der Waals surface area contributed by atoms with Gasteiger partial charge in [-0.2, -0.15) is 0 Å². The van der Waals surface area contributed by atoms with Crippen LogP contribution >= 0.6 is 23.4 Å². The van der Waals surface area contributed by atoms with Crippen LogP contribution in [0.5, 0.6) is 0 Å². The summed E-state index contributed by atoms with van der Waals surface area (Å²) in [4.78, 5) is 46.4. The number of thioether (sulfide) groups is 1. The molecular formula is C25H28ClN3O4S. The second kappa shape index (κ2) is 8.14. The molecular weight excluding hydrogens is 474 g/mol. The number of β-amino-alcohol motifs (C(OH)–C–C–N with tert-alkyl or cyclic N) is 1. The Morgan fingerprint density at radius 1 is 1.09 bits per heavy atom. The largest absolute Gasteiger partial charge is 0.395 e. The number of halogens is 1. The van der Waals surface area contributed by atoms with Gasteiger partial charge in [0.1, 0.15) is 6.04 Å². The maximum Gasteiger partial charge on any atom is 0.251 e.